The highest BCUT2D eigenvalue weighted by Gasteiger charge is 2.08. The molecular formula is C13H9N5S. The number of nitrogens with two attached hydrogens (primary N) is 1. The van der Waals surface area contributed by atoms with Crippen LogP contribution in [0.15, 0.2) is 52.6 Å². The van der Waals surface area contributed by atoms with Crippen molar-refractivity contribution in [2.45, 2.75) is 10.1 Å². The van der Waals surface area contributed by atoms with Gasteiger partial charge in [0.25, 0.3) is 0 Å². The van der Waals surface area contributed by atoms with Crippen molar-refractivity contribution >= 4 is 23.1 Å². The van der Waals surface area contributed by atoms with Gasteiger partial charge in [-0.05, 0) is 42.1 Å². The molecule has 2 aromatic heterocycles. The topological polar surface area (TPSA) is 80.0 Å². The van der Waals surface area contributed by atoms with E-state index in [1.807, 2.05) is 34.9 Å². The maximum Gasteiger partial charge on any atom is 0.200 e. The Morgan fingerprint density at radius 3 is 2.95 bits per heavy atom. The van der Waals surface area contributed by atoms with Crippen molar-refractivity contribution in [2.24, 2.45) is 0 Å². The molecule has 0 unspecified atom stereocenters. The summed E-state index contributed by atoms with van der Waals surface area (Å²) >= 11 is 1.44. The lowest BCUT2D eigenvalue weighted by Gasteiger charge is -2.02. The molecular weight excluding hydrogens is 258 g/mol. The van der Waals surface area contributed by atoms with Crippen LogP contribution in [0.4, 0.5) is 5.69 Å². The predicted octanol–water partition coefficient (Wildman–Crippen LogP) is 2.33. The van der Waals surface area contributed by atoms with Crippen molar-refractivity contribution in [2.75, 3.05) is 5.73 Å². The standard InChI is InChI=1S/C13H9N5S/c14-8-9-7-10(4-5-11(9)15)19-13-17-16-12-3-1-2-6-18(12)13/h1-7H,15H2. The molecule has 0 fully saturated rings. The number of hydrogen-bond acceptors (Lipinski definition) is 5. The quantitative estimate of drug-likeness (QED) is 0.721. The molecule has 92 valence electrons. The Balaban J connectivity index is 2.00. The summed E-state index contributed by atoms with van der Waals surface area (Å²) in [6, 6.07) is 13.1. The van der Waals surface area contributed by atoms with Gasteiger partial charge in [-0.3, -0.25) is 4.40 Å². The maximum atomic E-state index is 8.97. The van der Waals surface area contributed by atoms with Crippen LogP contribution in [0.1, 0.15) is 5.56 Å². The van der Waals surface area contributed by atoms with E-state index in [1.54, 1.807) is 12.1 Å². The van der Waals surface area contributed by atoms with E-state index in [1.165, 1.54) is 11.8 Å². The maximum absolute atomic E-state index is 8.97. The van der Waals surface area contributed by atoms with E-state index in [0.717, 1.165) is 15.7 Å². The first kappa shape index (κ1) is 11.6. The summed E-state index contributed by atoms with van der Waals surface area (Å²) in [7, 11) is 0. The molecule has 0 radical (unpaired) electrons. The second-order valence-electron chi connectivity index (χ2n) is 3.87. The zero-order chi connectivity index (χ0) is 13.2. The summed E-state index contributed by atoms with van der Waals surface area (Å²) in [5.74, 6) is 0. The first-order chi connectivity index (χ1) is 9.28. The monoisotopic (exact) mass is 267 g/mol. The molecule has 0 bridgehead atoms. The van der Waals surface area contributed by atoms with Crippen molar-refractivity contribution in [1.29, 1.82) is 5.26 Å². The van der Waals surface area contributed by atoms with Gasteiger partial charge in [-0.2, -0.15) is 5.26 Å². The Bertz CT molecular complexity index is 787. The summed E-state index contributed by atoms with van der Waals surface area (Å²) in [4.78, 5) is 0.906. The predicted molar refractivity (Wildman–Crippen MR) is 72.7 cm³/mol. The van der Waals surface area contributed by atoms with Gasteiger partial charge >= 0.3 is 0 Å². The molecule has 2 N–H and O–H groups in total. The molecule has 0 atom stereocenters. The van der Waals surface area contributed by atoms with Crippen LogP contribution in [0, 0.1) is 11.3 Å². The van der Waals surface area contributed by atoms with Crippen LogP contribution in [0.3, 0.4) is 0 Å². The van der Waals surface area contributed by atoms with Gasteiger partial charge in [0.1, 0.15) is 6.07 Å². The highest BCUT2D eigenvalue weighted by molar-refractivity contribution is 7.99. The zero-order valence-electron chi connectivity index (χ0n) is 9.82. The molecule has 6 heteroatoms. The molecule has 0 amide bonds. The zero-order valence-corrected chi connectivity index (χ0v) is 10.6. The summed E-state index contributed by atoms with van der Waals surface area (Å²) in [5, 5.41) is 17.9. The summed E-state index contributed by atoms with van der Waals surface area (Å²) in [6.07, 6.45) is 1.90. The van der Waals surface area contributed by atoms with Gasteiger partial charge in [0.2, 0.25) is 0 Å². The van der Waals surface area contributed by atoms with Gasteiger partial charge < -0.3 is 5.73 Å². The summed E-state index contributed by atoms with van der Waals surface area (Å²) in [6.45, 7) is 0. The SMILES string of the molecule is N#Cc1cc(Sc2nnc3ccccn23)ccc1N. The third-order valence-electron chi connectivity index (χ3n) is 2.64. The number of anilines is 1. The van der Waals surface area contributed by atoms with E-state index >= 15 is 0 Å². The van der Waals surface area contributed by atoms with Crippen LogP contribution in [-0.4, -0.2) is 14.6 Å². The van der Waals surface area contributed by atoms with Crippen molar-refractivity contribution in [3.63, 3.8) is 0 Å². The molecule has 0 aliphatic rings. The van der Waals surface area contributed by atoms with Gasteiger partial charge in [-0.25, -0.2) is 0 Å². The van der Waals surface area contributed by atoms with E-state index in [-0.39, 0.29) is 0 Å². The highest BCUT2D eigenvalue weighted by Crippen LogP contribution is 2.28. The number of fused-ring (bicyclic) bond motifs is 1. The Kier molecular flexibility index (Phi) is 2.82. The number of benzene rings is 1. The Hall–Kier alpha value is -2.52. The molecule has 0 saturated carbocycles. The molecule has 0 saturated heterocycles. The van der Waals surface area contributed by atoms with E-state index in [4.69, 9.17) is 11.0 Å². The minimum atomic E-state index is 0.471. The number of hydrogen-bond donors (Lipinski definition) is 1. The van der Waals surface area contributed by atoms with Crippen molar-refractivity contribution in [3.8, 4) is 6.07 Å². The third kappa shape index (κ3) is 2.11. The molecule has 0 aliphatic carbocycles. The molecule has 0 aliphatic heterocycles. The smallest absolute Gasteiger partial charge is 0.200 e. The third-order valence-corrected chi connectivity index (χ3v) is 3.59. The largest absolute Gasteiger partial charge is 0.398 e. The van der Waals surface area contributed by atoms with Crippen LogP contribution in [-0.2, 0) is 0 Å². The molecule has 1 aromatic carbocycles. The average Bonchev–Trinajstić information content (AvgIpc) is 2.84. The second-order valence-corrected chi connectivity index (χ2v) is 4.92. The lowest BCUT2D eigenvalue weighted by atomic mass is 10.2. The molecule has 3 aromatic rings. The lowest BCUT2D eigenvalue weighted by Crippen LogP contribution is -1.91. The molecule has 3 rings (SSSR count). The summed E-state index contributed by atoms with van der Waals surface area (Å²) in [5.41, 5.74) is 7.45. The van der Waals surface area contributed by atoms with Crippen molar-refractivity contribution in [3.05, 3.63) is 48.2 Å². The van der Waals surface area contributed by atoms with Crippen LogP contribution in [0.25, 0.3) is 5.65 Å². The van der Waals surface area contributed by atoms with Gasteiger partial charge in [0.05, 0.1) is 5.56 Å². The Morgan fingerprint density at radius 1 is 1.21 bits per heavy atom. The fraction of sp³-hybridized carbons (Fsp3) is 0. The van der Waals surface area contributed by atoms with Gasteiger partial charge in [0.15, 0.2) is 10.8 Å². The second kappa shape index (κ2) is 4.63. The van der Waals surface area contributed by atoms with E-state index in [0.29, 0.717) is 11.3 Å². The first-order valence-corrected chi connectivity index (χ1v) is 6.37. The fourth-order valence-corrected chi connectivity index (χ4v) is 2.55. The Labute approximate surface area is 113 Å². The van der Waals surface area contributed by atoms with Gasteiger partial charge in [-0.1, -0.05) is 6.07 Å². The van der Waals surface area contributed by atoms with Crippen LogP contribution < -0.4 is 5.73 Å². The Morgan fingerprint density at radius 2 is 2.11 bits per heavy atom. The number of pyridine rings is 1. The number of aromatic nitrogens is 3. The van der Waals surface area contributed by atoms with E-state index in [2.05, 4.69) is 16.3 Å². The number of nitrogen functional groups attached to an aromatic ring is 1. The van der Waals surface area contributed by atoms with Crippen molar-refractivity contribution in [1.82, 2.24) is 14.6 Å². The minimum absolute atomic E-state index is 0.471. The normalized spacial score (nSPS) is 10.5. The van der Waals surface area contributed by atoms with E-state index in [9.17, 15) is 0 Å². The molecule has 5 nitrogen and oxygen atoms in total. The number of nitrogens with zero attached hydrogens (tertiary/aromatic N) is 4. The highest BCUT2D eigenvalue weighted by atomic mass is 32.2. The van der Waals surface area contributed by atoms with Crippen molar-refractivity contribution < 1.29 is 0 Å². The summed E-state index contributed by atoms with van der Waals surface area (Å²) < 4.78 is 1.90. The first-order valence-electron chi connectivity index (χ1n) is 5.55. The van der Waals surface area contributed by atoms with E-state index < -0.39 is 0 Å². The molecule has 0 spiro atoms. The minimum Gasteiger partial charge on any atom is -0.398 e. The van der Waals surface area contributed by atoms with Crippen LogP contribution in [0.5, 0.6) is 0 Å². The van der Waals surface area contributed by atoms with Crippen LogP contribution in [0.2, 0.25) is 0 Å². The molecule has 19 heavy (non-hydrogen) atoms. The molecule has 2 heterocycles. The fourth-order valence-electron chi connectivity index (χ4n) is 1.69. The number of rotatable bonds is 2. The van der Waals surface area contributed by atoms with Crippen LogP contribution >= 0.6 is 11.8 Å². The average molecular weight is 267 g/mol. The van der Waals surface area contributed by atoms with Gasteiger partial charge in [0, 0.05) is 16.8 Å². The van der Waals surface area contributed by atoms with Gasteiger partial charge in [-0.15, -0.1) is 10.2 Å². The lowest BCUT2D eigenvalue weighted by molar-refractivity contribution is 0.921. The number of nitriles is 1.